The second kappa shape index (κ2) is 7.59. The predicted octanol–water partition coefficient (Wildman–Crippen LogP) is 3.73. The number of rotatable bonds is 4. The van der Waals surface area contributed by atoms with Crippen LogP contribution in [0, 0.1) is 13.8 Å². The van der Waals surface area contributed by atoms with Crippen molar-refractivity contribution < 1.29 is 13.2 Å². The normalized spacial score (nSPS) is 20.5. The Balaban J connectivity index is 1.58. The summed E-state index contributed by atoms with van der Waals surface area (Å²) in [6, 6.07) is 6.57. The quantitative estimate of drug-likeness (QED) is 0.763. The average Bonchev–Trinajstić information content (AvgIpc) is 3.43. The van der Waals surface area contributed by atoms with Crippen LogP contribution >= 0.6 is 0 Å². The van der Waals surface area contributed by atoms with E-state index >= 15 is 0 Å². The van der Waals surface area contributed by atoms with E-state index in [0.717, 1.165) is 55.5 Å². The fraction of sp³-hybridized carbons (Fsp3) is 0.545. The number of aromatic nitrogens is 2. The molecule has 156 valence electrons. The monoisotopic (exact) mass is 415 g/mol. The Morgan fingerprint density at radius 2 is 1.69 bits per heavy atom. The van der Waals surface area contributed by atoms with E-state index < -0.39 is 9.84 Å². The maximum Gasteiger partial charge on any atom is 0.254 e. The molecule has 0 radical (unpaired) electrons. The summed E-state index contributed by atoms with van der Waals surface area (Å²) in [5, 5.41) is 4.24. The molecular weight excluding hydrogens is 386 g/mol. The van der Waals surface area contributed by atoms with Crippen LogP contribution in [0.4, 0.5) is 0 Å². The third-order valence-electron chi connectivity index (χ3n) is 6.58. The second-order valence-electron chi connectivity index (χ2n) is 8.34. The first kappa shape index (κ1) is 20.1. The van der Waals surface area contributed by atoms with Crippen molar-refractivity contribution in [3.63, 3.8) is 0 Å². The number of likely N-dealkylation sites (tertiary alicyclic amines) is 1. The van der Waals surface area contributed by atoms with Crippen molar-refractivity contribution in [3.8, 4) is 0 Å². The first-order valence-corrected chi connectivity index (χ1v) is 12.0. The number of hydrogen-bond donors (Lipinski definition) is 0. The molecule has 2 aromatic rings. The predicted molar refractivity (Wildman–Crippen MR) is 112 cm³/mol. The molecule has 1 aromatic carbocycles. The average molecular weight is 416 g/mol. The lowest BCUT2D eigenvalue weighted by molar-refractivity contribution is 0.0735. The molecule has 2 heterocycles. The highest BCUT2D eigenvalue weighted by molar-refractivity contribution is 7.92. The van der Waals surface area contributed by atoms with Gasteiger partial charge in [-0.3, -0.25) is 9.48 Å². The zero-order valence-corrected chi connectivity index (χ0v) is 18.2. The van der Waals surface area contributed by atoms with Crippen molar-refractivity contribution in [1.82, 2.24) is 14.7 Å². The van der Waals surface area contributed by atoms with Crippen molar-refractivity contribution in [2.45, 2.75) is 68.6 Å². The molecule has 2 fully saturated rings. The van der Waals surface area contributed by atoms with Gasteiger partial charge in [-0.15, -0.1) is 0 Å². The Labute approximate surface area is 172 Å². The summed E-state index contributed by atoms with van der Waals surface area (Å²) in [6.07, 6.45) is 5.31. The van der Waals surface area contributed by atoms with Gasteiger partial charge in [-0.1, -0.05) is 12.8 Å². The van der Waals surface area contributed by atoms with Crippen LogP contribution in [0.3, 0.4) is 0 Å². The van der Waals surface area contributed by atoms with E-state index in [-0.39, 0.29) is 17.2 Å². The van der Waals surface area contributed by atoms with Crippen LogP contribution in [0.25, 0.3) is 0 Å². The molecule has 1 aliphatic carbocycles. The molecule has 0 spiro atoms. The molecule has 7 heteroatoms. The number of carbonyl (C=O) groups is 1. The van der Waals surface area contributed by atoms with Gasteiger partial charge in [0.05, 0.1) is 21.9 Å². The van der Waals surface area contributed by atoms with Crippen molar-refractivity contribution in [1.29, 1.82) is 0 Å². The number of carbonyl (C=O) groups excluding carboxylic acids is 1. The van der Waals surface area contributed by atoms with Gasteiger partial charge < -0.3 is 4.90 Å². The standard InChI is InChI=1S/C22H29N3O3S/c1-15-21(16(2)24(3)23-15)20-9-6-14-25(20)22(26)17-10-12-19(13-11-17)29(27,28)18-7-4-5-8-18/h10-13,18,20H,4-9,14H2,1-3H3/t20-/m0/s1. The van der Waals surface area contributed by atoms with Crippen molar-refractivity contribution in [2.75, 3.05) is 6.54 Å². The minimum absolute atomic E-state index is 0.0260. The van der Waals surface area contributed by atoms with Gasteiger partial charge >= 0.3 is 0 Å². The Morgan fingerprint density at radius 3 is 2.28 bits per heavy atom. The summed E-state index contributed by atoms with van der Waals surface area (Å²) in [6.45, 7) is 4.74. The Morgan fingerprint density at radius 1 is 1.03 bits per heavy atom. The van der Waals surface area contributed by atoms with Gasteiger partial charge in [0.15, 0.2) is 9.84 Å². The zero-order valence-electron chi connectivity index (χ0n) is 17.4. The van der Waals surface area contributed by atoms with Gasteiger partial charge in [-0.05, 0) is 63.8 Å². The number of aryl methyl sites for hydroxylation is 2. The van der Waals surface area contributed by atoms with E-state index in [0.29, 0.717) is 17.0 Å². The zero-order chi connectivity index (χ0) is 20.8. The highest BCUT2D eigenvalue weighted by Gasteiger charge is 2.34. The van der Waals surface area contributed by atoms with E-state index in [9.17, 15) is 13.2 Å². The van der Waals surface area contributed by atoms with Gasteiger partial charge in [-0.2, -0.15) is 5.10 Å². The highest BCUT2D eigenvalue weighted by Crippen LogP contribution is 2.36. The molecule has 1 aliphatic heterocycles. The molecule has 0 bridgehead atoms. The van der Waals surface area contributed by atoms with Crippen LogP contribution in [0.5, 0.6) is 0 Å². The third-order valence-corrected chi connectivity index (χ3v) is 8.86. The van der Waals surface area contributed by atoms with E-state index in [1.807, 2.05) is 30.5 Å². The molecular formula is C22H29N3O3S. The SMILES string of the molecule is Cc1nn(C)c(C)c1[C@@H]1CCCN1C(=O)c1ccc(S(=O)(=O)C2CCCC2)cc1. The first-order chi connectivity index (χ1) is 13.8. The van der Waals surface area contributed by atoms with E-state index in [4.69, 9.17) is 0 Å². The Hall–Kier alpha value is -2.15. The molecule has 1 saturated heterocycles. The molecule has 2 aliphatic rings. The van der Waals surface area contributed by atoms with Crippen LogP contribution in [-0.2, 0) is 16.9 Å². The summed E-state index contributed by atoms with van der Waals surface area (Å²) >= 11 is 0. The Bertz CT molecular complexity index is 1020. The fourth-order valence-corrected chi connectivity index (χ4v) is 6.78. The van der Waals surface area contributed by atoms with Gasteiger partial charge in [0.25, 0.3) is 5.91 Å². The molecule has 1 amide bonds. The van der Waals surface area contributed by atoms with Gasteiger partial charge in [-0.25, -0.2) is 8.42 Å². The van der Waals surface area contributed by atoms with Crippen LogP contribution in [0.15, 0.2) is 29.2 Å². The van der Waals surface area contributed by atoms with Gasteiger partial charge in [0.2, 0.25) is 0 Å². The highest BCUT2D eigenvalue weighted by atomic mass is 32.2. The van der Waals surface area contributed by atoms with Gasteiger partial charge in [0, 0.05) is 30.4 Å². The number of sulfone groups is 1. The van der Waals surface area contributed by atoms with Crippen LogP contribution < -0.4 is 0 Å². The molecule has 1 saturated carbocycles. The topological polar surface area (TPSA) is 72.3 Å². The molecule has 6 nitrogen and oxygen atoms in total. The van der Waals surface area contributed by atoms with Crippen molar-refractivity contribution in [3.05, 3.63) is 46.8 Å². The van der Waals surface area contributed by atoms with E-state index in [1.54, 1.807) is 24.3 Å². The molecule has 4 rings (SSSR count). The molecule has 1 aromatic heterocycles. The lowest BCUT2D eigenvalue weighted by atomic mass is 10.0. The summed E-state index contributed by atoms with van der Waals surface area (Å²) in [5.41, 5.74) is 3.73. The molecule has 0 N–H and O–H groups in total. The largest absolute Gasteiger partial charge is 0.331 e. The first-order valence-electron chi connectivity index (χ1n) is 10.5. The molecule has 29 heavy (non-hydrogen) atoms. The summed E-state index contributed by atoms with van der Waals surface area (Å²) in [7, 11) is -1.37. The lowest BCUT2D eigenvalue weighted by Gasteiger charge is -2.25. The molecule has 1 atom stereocenters. The van der Waals surface area contributed by atoms with Crippen LogP contribution in [0.2, 0.25) is 0 Å². The number of benzene rings is 1. The number of nitrogens with zero attached hydrogens (tertiary/aromatic N) is 3. The summed E-state index contributed by atoms with van der Waals surface area (Å²) in [5.74, 6) is -0.0417. The summed E-state index contributed by atoms with van der Waals surface area (Å²) < 4.78 is 27.4. The molecule has 0 unspecified atom stereocenters. The number of hydrogen-bond acceptors (Lipinski definition) is 4. The minimum atomic E-state index is -3.30. The maximum atomic E-state index is 13.2. The maximum absolute atomic E-state index is 13.2. The van der Waals surface area contributed by atoms with E-state index in [1.165, 1.54) is 0 Å². The van der Waals surface area contributed by atoms with Crippen molar-refractivity contribution in [2.24, 2.45) is 7.05 Å². The van der Waals surface area contributed by atoms with E-state index in [2.05, 4.69) is 5.10 Å². The third kappa shape index (κ3) is 3.50. The lowest BCUT2D eigenvalue weighted by Crippen LogP contribution is -2.31. The number of amides is 1. The van der Waals surface area contributed by atoms with Gasteiger partial charge in [0.1, 0.15) is 0 Å². The fourth-order valence-electron chi connectivity index (χ4n) is 4.93. The smallest absolute Gasteiger partial charge is 0.254 e. The summed E-state index contributed by atoms with van der Waals surface area (Å²) in [4.78, 5) is 15.5. The Kier molecular flexibility index (Phi) is 5.27. The minimum Gasteiger partial charge on any atom is -0.331 e. The van der Waals surface area contributed by atoms with Crippen LogP contribution in [0.1, 0.15) is 71.9 Å². The van der Waals surface area contributed by atoms with Crippen molar-refractivity contribution >= 4 is 15.7 Å². The second-order valence-corrected chi connectivity index (χ2v) is 10.6. The van der Waals surface area contributed by atoms with Crippen LogP contribution in [-0.4, -0.2) is 40.8 Å².